The van der Waals surface area contributed by atoms with Gasteiger partial charge in [0, 0.05) is 5.69 Å². The van der Waals surface area contributed by atoms with Crippen LogP contribution < -0.4 is 14.8 Å². The third kappa shape index (κ3) is 4.87. The van der Waals surface area contributed by atoms with E-state index in [1.807, 2.05) is 45.0 Å². The molecule has 5 heteroatoms. The average Bonchev–Trinajstić information content (AvgIpc) is 2.64. The van der Waals surface area contributed by atoms with Gasteiger partial charge in [-0.25, -0.2) is 0 Å². The Hall–Kier alpha value is -3.26. The molecule has 0 aromatic heterocycles. The van der Waals surface area contributed by atoms with Crippen LogP contribution in [-0.4, -0.2) is 19.1 Å². The Labute approximate surface area is 153 Å². The third-order valence-corrected chi connectivity index (χ3v) is 3.64. The number of anilines is 1. The number of para-hydroxylation sites is 1. The largest absolute Gasteiger partial charge is 0.490 e. The summed E-state index contributed by atoms with van der Waals surface area (Å²) in [5.41, 5.74) is 2.31. The van der Waals surface area contributed by atoms with Gasteiger partial charge in [0.2, 0.25) is 0 Å². The maximum Gasteiger partial charge on any atom is 0.266 e. The van der Waals surface area contributed by atoms with Gasteiger partial charge in [-0.1, -0.05) is 24.3 Å². The Morgan fingerprint density at radius 1 is 1.12 bits per heavy atom. The lowest BCUT2D eigenvalue weighted by Gasteiger charge is -2.11. The number of carbonyl (C=O) groups is 1. The summed E-state index contributed by atoms with van der Waals surface area (Å²) in [4.78, 5) is 12.4. The summed E-state index contributed by atoms with van der Waals surface area (Å²) in [6.07, 6.45) is 1.53. The zero-order chi connectivity index (χ0) is 18.9. The average molecular weight is 350 g/mol. The first-order valence-electron chi connectivity index (χ1n) is 8.47. The molecule has 0 saturated carbocycles. The molecule has 0 heterocycles. The second-order valence-electron chi connectivity index (χ2n) is 5.51. The number of nitriles is 1. The number of rotatable bonds is 7. The molecule has 0 aliphatic rings. The topological polar surface area (TPSA) is 71.3 Å². The molecular weight excluding hydrogens is 328 g/mol. The highest BCUT2D eigenvalue weighted by atomic mass is 16.5. The molecule has 1 N–H and O–H groups in total. The molecule has 2 aromatic rings. The minimum atomic E-state index is -0.450. The lowest BCUT2D eigenvalue weighted by molar-refractivity contribution is -0.112. The maximum absolute atomic E-state index is 12.4. The highest BCUT2D eigenvalue weighted by Crippen LogP contribution is 2.29. The van der Waals surface area contributed by atoms with Crippen molar-refractivity contribution in [2.45, 2.75) is 20.8 Å². The fourth-order valence-electron chi connectivity index (χ4n) is 2.38. The van der Waals surface area contributed by atoms with E-state index in [1.165, 1.54) is 6.08 Å². The molecule has 0 fully saturated rings. The fourth-order valence-corrected chi connectivity index (χ4v) is 2.38. The number of nitrogens with one attached hydrogen (secondary N) is 1. The molecule has 2 rings (SSSR count). The Bertz CT molecular complexity index is 851. The van der Waals surface area contributed by atoms with Crippen molar-refractivity contribution in [3.63, 3.8) is 0 Å². The lowest BCUT2D eigenvalue weighted by Crippen LogP contribution is -2.14. The summed E-state index contributed by atoms with van der Waals surface area (Å²) in [5, 5.41) is 12.1. The maximum atomic E-state index is 12.4. The highest BCUT2D eigenvalue weighted by Gasteiger charge is 2.12. The monoisotopic (exact) mass is 350 g/mol. The third-order valence-electron chi connectivity index (χ3n) is 3.64. The van der Waals surface area contributed by atoms with Gasteiger partial charge in [-0.05, 0) is 56.2 Å². The van der Waals surface area contributed by atoms with Crippen LogP contribution in [-0.2, 0) is 4.79 Å². The summed E-state index contributed by atoms with van der Waals surface area (Å²) in [5.74, 6) is 0.766. The summed E-state index contributed by atoms with van der Waals surface area (Å²) in [7, 11) is 0. The second-order valence-corrected chi connectivity index (χ2v) is 5.51. The standard InChI is InChI=1S/C21H22N2O3/c1-4-25-19-11-10-16(13-20(19)26-5-2)12-17(14-22)21(24)23-18-9-7-6-8-15(18)3/h6-13H,4-5H2,1-3H3,(H,23,24). The smallest absolute Gasteiger partial charge is 0.266 e. The van der Waals surface area contributed by atoms with E-state index in [0.717, 1.165) is 5.56 Å². The van der Waals surface area contributed by atoms with Crippen molar-refractivity contribution in [3.8, 4) is 17.6 Å². The van der Waals surface area contributed by atoms with Crippen LogP contribution in [0.3, 0.4) is 0 Å². The van der Waals surface area contributed by atoms with Gasteiger partial charge in [0.25, 0.3) is 5.91 Å². The first-order valence-corrected chi connectivity index (χ1v) is 8.47. The van der Waals surface area contributed by atoms with Crippen LogP contribution in [0.5, 0.6) is 11.5 Å². The van der Waals surface area contributed by atoms with Crippen LogP contribution in [0, 0.1) is 18.3 Å². The van der Waals surface area contributed by atoms with Gasteiger partial charge in [0.1, 0.15) is 11.6 Å². The zero-order valence-electron chi connectivity index (χ0n) is 15.2. The van der Waals surface area contributed by atoms with Crippen LogP contribution in [0.1, 0.15) is 25.0 Å². The van der Waals surface area contributed by atoms with Crippen LogP contribution >= 0.6 is 0 Å². The van der Waals surface area contributed by atoms with Gasteiger partial charge >= 0.3 is 0 Å². The number of hydrogen-bond donors (Lipinski definition) is 1. The van der Waals surface area contributed by atoms with E-state index in [9.17, 15) is 10.1 Å². The molecule has 0 atom stereocenters. The Morgan fingerprint density at radius 3 is 2.46 bits per heavy atom. The number of ether oxygens (including phenoxy) is 2. The van der Waals surface area contributed by atoms with Gasteiger partial charge in [-0.15, -0.1) is 0 Å². The van der Waals surface area contributed by atoms with E-state index in [0.29, 0.717) is 36.0 Å². The van der Waals surface area contributed by atoms with Gasteiger partial charge < -0.3 is 14.8 Å². The van der Waals surface area contributed by atoms with E-state index in [-0.39, 0.29) is 5.57 Å². The van der Waals surface area contributed by atoms with Crippen molar-refractivity contribution < 1.29 is 14.3 Å². The van der Waals surface area contributed by atoms with Crippen molar-refractivity contribution in [1.82, 2.24) is 0 Å². The molecule has 0 aliphatic carbocycles. The molecule has 1 amide bonds. The number of aryl methyl sites for hydroxylation is 1. The van der Waals surface area contributed by atoms with Crippen molar-refractivity contribution in [1.29, 1.82) is 5.26 Å². The van der Waals surface area contributed by atoms with E-state index in [4.69, 9.17) is 9.47 Å². The molecule has 0 radical (unpaired) electrons. The van der Waals surface area contributed by atoms with Crippen molar-refractivity contribution in [2.24, 2.45) is 0 Å². The van der Waals surface area contributed by atoms with Gasteiger partial charge in [0.15, 0.2) is 11.5 Å². The van der Waals surface area contributed by atoms with E-state index >= 15 is 0 Å². The Balaban J connectivity index is 2.27. The van der Waals surface area contributed by atoms with E-state index < -0.39 is 5.91 Å². The number of hydrogen-bond acceptors (Lipinski definition) is 4. The molecular formula is C21H22N2O3. The molecule has 2 aromatic carbocycles. The molecule has 0 spiro atoms. The molecule has 0 saturated heterocycles. The van der Waals surface area contributed by atoms with Gasteiger partial charge in [-0.2, -0.15) is 5.26 Å². The Morgan fingerprint density at radius 2 is 1.81 bits per heavy atom. The number of nitrogens with zero attached hydrogens (tertiary/aromatic N) is 1. The summed E-state index contributed by atoms with van der Waals surface area (Å²) >= 11 is 0. The normalized spacial score (nSPS) is 10.8. The minimum Gasteiger partial charge on any atom is -0.490 e. The molecule has 0 bridgehead atoms. The van der Waals surface area contributed by atoms with Crippen LogP contribution in [0.2, 0.25) is 0 Å². The quantitative estimate of drug-likeness (QED) is 0.596. The molecule has 26 heavy (non-hydrogen) atoms. The van der Waals surface area contributed by atoms with Crippen LogP contribution in [0.4, 0.5) is 5.69 Å². The number of amides is 1. The number of carbonyl (C=O) groups excluding carboxylic acids is 1. The van der Waals surface area contributed by atoms with Crippen LogP contribution in [0.15, 0.2) is 48.0 Å². The predicted octanol–water partition coefficient (Wildman–Crippen LogP) is 4.34. The van der Waals surface area contributed by atoms with Crippen molar-refractivity contribution >= 4 is 17.7 Å². The molecule has 0 aliphatic heterocycles. The van der Waals surface area contributed by atoms with Gasteiger partial charge in [0.05, 0.1) is 13.2 Å². The highest BCUT2D eigenvalue weighted by molar-refractivity contribution is 6.10. The van der Waals surface area contributed by atoms with Crippen molar-refractivity contribution in [3.05, 3.63) is 59.2 Å². The van der Waals surface area contributed by atoms with Crippen LogP contribution in [0.25, 0.3) is 6.08 Å². The lowest BCUT2D eigenvalue weighted by atomic mass is 10.1. The van der Waals surface area contributed by atoms with E-state index in [2.05, 4.69) is 5.32 Å². The SMILES string of the molecule is CCOc1ccc(C=C(C#N)C(=O)Nc2ccccc2C)cc1OCC. The first-order chi connectivity index (χ1) is 12.6. The van der Waals surface area contributed by atoms with Crippen molar-refractivity contribution in [2.75, 3.05) is 18.5 Å². The zero-order valence-corrected chi connectivity index (χ0v) is 15.2. The fraction of sp³-hybridized carbons (Fsp3) is 0.238. The summed E-state index contributed by atoms with van der Waals surface area (Å²) in [6, 6.07) is 14.7. The summed E-state index contributed by atoms with van der Waals surface area (Å²) in [6.45, 7) is 6.69. The van der Waals surface area contributed by atoms with Gasteiger partial charge in [-0.3, -0.25) is 4.79 Å². The first kappa shape index (κ1) is 19.1. The second kappa shape index (κ2) is 9.28. The Kier molecular flexibility index (Phi) is 6.81. The minimum absolute atomic E-state index is 0.0138. The number of benzene rings is 2. The molecule has 134 valence electrons. The summed E-state index contributed by atoms with van der Waals surface area (Å²) < 4.78 is 11.1. The molecule has 5 nitrogen and oxygen atoms in total. The van der Waals surface area contributed by atoms with E-state index in [1.54, 1.807) is 24.3 Å². The molecule has 0 unspecified atom stereocenters. The predicted molar refractivity (Wildman–Crippen MR) is 102 cm³/mol.